The maximum absolute atomic E-state index is 11.5. The van der Waals surface area contributed by atoms with Gasteiger partial charge >= 0.3 is 0 Å². The van der Waals surface area contributed by atoms with E-state index in [1.54, 1.807) is 0 Å². The molecule has 0 aromatic heterocycles. The summed E-state index contributed by atoms with van der Waals surface area (Å²) in [6.07, 6.45) is 4.52. The number of nitrogens with two attached hydrogens (primary N) is 1. The van der Waals surface area contributed by atoms with Crippen molar-refractivity contribution in [3.8, 4) is 0 Å². The molecule has 19 heavy (non-hydrogen) atoms. The van der Waals surface area contributed by atoms with Crippen molar-refractivity contribution in [1.29, 1.82) is 0 Å². The van der Waals surface area contributed by atoms with Crippen molar-refractivity contribution in [2.24, 2.45) is 11.7 Å². The molecule has 2 rings (SSSR count). The molecule has 0 aromatic carbocycles. The van der Waals surface area contributed by atoms with Crippen LogP contribution < -0.4 is 5.73 Å². The maximum atomic E-state index is 11.5. The van der Waals surface area contributed by atoms with Gasteiger partial charge in [-0.05, 0) is 45.2 Å². The number of hydrogen-bond acceptors (Lipinski definition) is 5. The van der Waals surface area contributed by atoms with E-state index in [4.69, 9.17) is 5.73 Å². The van der Waals surface area contributed by atoms with Crippen molar-refractivity contribution in [2.75, 3.05) is 31.6 Å². The fourth-order valence-corrected chi connectivity index (χ4v) is 5.28. The first-order chi connectivity index (χ1) is 8.86. The van der Waals surface area contributed by atoms with E-state index < -0.39 is 15.4 Å². The van der Waals surface area contributed by atoms with Gasteiger partial charge < -0.3 is 15.7 Å². The predicted molar refractivity (Wildman–Crippen MR) is 75.7 cm³/mol. The van der Waals surface area contributed by atoms with Crippen LogP contribution in [0.2, 0.25) is 0 Å². The van der Waals surface area contributed by atoms with E-state index in [-0.39, 0.29) is 17.7 Å². The molecule has 0 amide bonds. The number of rotatable bonds is 5. The van der Waals surface area contributed by atoms with Crippen molar-refractivity contribution in [1.82, 2.24) is 4.90 Å². The van der Waals surface area contributed by atoms with Gasteiger partial charge in [0.2, 0.25) is 0 Å². The number of hydrogen-bond donors (Lipinski definition) is 2. The highest BCUT2D eigenvalue weighted by molar-refractivity contribution is 7.91. The summed E-state index contributed by atoms with van der Waals surface area (Å²) in [7, 11) is -0.828. The van der Waals surface area contributed by atoms with Crippen molar-refractivity contribution >= 4 is 9.84 Å². The lowest BCUT2D eigenvalue weighted by molar-refractivity contribution is 0.00439. The summed E-state index contributed by atoms with van der Waals surface area (Å²) < 4.78 is 22.9. The number of aliphatic hydroxyl groups is 1. The Morgan fingerprint density at radius 3 is 2.74 bits per heavy atom. The molecule has 1 saturated heterocycles. The fourth-order valence-electron chi connectivity index (χ4n) is 3.47. The fraction of sp³-hybridized carbons (Fsp3) is 1.00. The third kappa shape index (κ3) is 3.48. The zero-order valence-electron chi connectivity index (χ0n) is 11.7. The van der Waals surface area contributed by atoms with E-state index in [9.17, 15) is 13.5 Å². The molecule has 1 aliphatic heterocycles. The van der Waals surface area contributed by atoms with Crippen LogP contribution in [0.4, 0.5) is 0 Å². The van der Waals surface area contributed by atoms with Crippen LogP contribution in [0.15, 0.2) is 0 Å². The Hall–Kier alpha value is -0.170. The van der Waals surface area contributed by atoms with E-state index in [1.807, 2.05) is 7.05 Å². The molecular weight excluding hydrogens is 264 g/mol. The zero-order chi connectivity index (χ0) is 14.1. The molecule has 6 heteroatoms. The Balaban J connectivity index is 1.82. The molecule has 0 aromatic rings. The minimum atomic E-state index is -2.82. The van der Waals surface area contributed by atoms with Crippen LogP contribution in [0.5, 0.6) is 0 Å². The average molecular weight is 290 g/mol. The Labute approximate surface area is 116 Å². The number of sulfone groups is 1. The molecule has 1 heterocycles. The third-order valence-electron chi connectivity index (χ3n) is 4.94. The van der Waals surface area contributed by atoms with Crippen LogP contribution in [0.3, 0.4) is 0 Å². The Bertz CT molecular complexity index is 412. The summed E-state index contributed by atoms with van der Waals surface area (Å²) in [6.45, 7) is 1.17. The molecule has 1 aliphatic carbocycles. The van der Waals surface area contributed by atoms with E-state index in [0.29, 0.717) is 12.3 Å². The normalized spacial score (nSPS) is 38.1. The third-order valence-corrected chi connectivity index (χ3v) is 6.69. The molecule has 0 spiro atoms. The van der Waals surface area contributed by atoms with Crippen LogP contribution in [0.25, 0.3) is 0 Å². The van der Waals surface area contributed by atoms with Crippen LogP contribution in [0.1, 0.15) is 32.1 Å². The minimum absolute atomic E-state index is 0.150. The lowest BCUT2D eigenvalue weighted by Crippen LogP contribution is -2.43. The first kappa shape index (κ1) is 15.2. The van der Waals surface area contributed by atoms with Gasteiger partial charge in [0.15, 0.2) is 9.84 Å². The molecule has 0 bridgehead atoms. The molecule has 0 radical (unpaired) electrons. The quantitative estimate of drug-likeness (QED) is 0.744. The van der Waals surface area contributed by atoms with Gasteiger partial charge in [-0.25, -0.2) is 8.42 Å². The van der Waals surface area contributed by atoms with Crippen molar-refractivity contribution in [3.63, 3.8) is 0 Å². The van der Waals surface area contributed by atoms with Crippen LogP contribution >= 0.6 is 0 Å². The topological polar surface area (TPSA) is 83.6 Å². The van der Waals surface area contributed by atoms with Crippen LogP contribution in [-0.2, 0) is 9.84 Å². The van der Waals surface area contributed by atoms with Gasteiger partial charge in [0, 0.05) is 12.6 Å². The zero-order valence-corrected chi connectivity index (χ0v) is 12.5. The SMILES string of the molecule is CN(CCC1CCCC1(O)CN)C1CCS(=O)(=O)C1. The maximum Gasteiger partial charge on any atom is 0.151 e. The highest BCUT2D eigenvalue weighted by atomic mass is 32.2. The van der Waals surface area contributed by atoms with E-state index in [1.165, 1.54) is 0 Å². The Kier molecular flexibility index (Phi) is 4.55. The number of nitrogens with zero attached hydrogens (tertiary/aromatic N) is 1. The molecular formula is C13H26N2O3S. The summed E-state index contributed by atoms with van der Waals surface area (Å²) in [5.74, 6) is 0.867. The average Bonchev–Trinajstić information content (AvgIpc) is 2.90. The second kappa shape index (κ2) is 5.68. The molecule has 112 valence electrons. The highest BCUT2D eigenvalue weighted by Gasteiger charge is 2.40. The van der Waals surface area contributed by atoms with Gasteiger partial charge in [0.25, 0.3) is 0 Å². The molecule has 3 N–H and O–H groups in total. The van der Waals surface area contributed by atoms with Gasteiger partial charge in [0.1, 0.15) is 0 Å². The second-order valence-electron chi connectivity index (χ2n) is 6.22. The van der Waals surface area contributed by atoms with Gasteiger partial charge in [-0.3, -0.25) is 0 Å². The molecule has 2 aliphatic rings. The minimum Gasteiger partial charge on any atom is -0.388 e. The van der Waals surface area contributed by atoms with Gasteiger partial charge in [-0.1, -0.05) is 6.42 Å². The summed E-state index contributed by atoms with van der Waals surface area (Å²) in [5.41, 5.74) is 4.99. The standard InChI is InChI=1S/C13H26N2O3S/c1-15(12-5-8-19(17,18)9-12)7-4-11-3-2-6-13(11,16)10-14/h11-12,16H,2-10,14H2,1H3. The molecule has 3 unspecified atom stereocenters. The second-order valence-corrected chi connectivity index (χ2v) is 8.45. The first-order valence-corrected chi connectivity index (χ1v) is 9.01. The predicted octanol–water partition coefficient (Wildman–Crippen LogP) is -0.0147. The summed E-state index contributed by atoms with van der Waals surface area (Å²) in [4.78, 5) is 2.14. The van der Waals surface area contributed by atoms with Gasteiger partial charge in [-0.2, -0.15) is 0 Å². The van der Waals surface area contributed by atoms with Crippen LogP contribution in [0, 0.1) is 5.92 Å². The summed E-state index contributed by atoms with van der Waals surface area (Å²) in [5, 5.41) is 10.4. The first-order valence-electron chi connectivity index (χ1n) is 7.19. The molecule has 3 atom stereocenters. The van der Waals surface area contributed by atoms with E-state index >= 15 is 0 Å². The lowest BCUT2D eigenvalue weighted by Gasteiger charge is -2.31. The molecule has 1 saturated carbocycles. The largest absolute Gasteiger partial charge is 0.388 e. The van der Waals surface area contributed by atoms with E-state index in [2.05, 4.69) is 4.90 Å². The van der Waals surface area contributed by atoms with Gasteiger partial charge in [-0.15, -0.1) is 0 Å². The van der Waals surface area contributed by atoms with Crippen molar-refractivity contribution < 1.29 is 13.5 Å². The Morgan fingerprint density at radius 2 is 2.16 bits per heavy atom. The van der Waals surface area contributed by atoms with E-state index in [0.717, 1.165) is 38.6 Å². The Morgan fingerprint density at radius 1 is 1.42 bits per heavy atom. The molecule has 2 fully saturated rings. The summed E-state index contributed by atoms with van der Waals surface area (Å²) >= 11 is 0. The summed E-state index contributed by atoms with van der Waals surface area (Å²) in [6, 6.07) is 0.150. The lowest BCUT2D eigenvalue weighted by atomic mass is 9.88. The van der Waals surface area contributed by atoms with Crippen molar-refractivity contribution in [2.45, 2.75) is 43.7 Å². The smallest absolute Gasteiger partial charge is 0.151 e. The van der Waals surface area contributed by atoms with Crippen LogP contribution in [-0.4, -0.2) is 61.7 Å². The van der Waals surface area contributed by atoms with Crippen molar-refractivity contribution in [3.05, 3.63) is 0 Å². The van der Waals surface area contributed by atoms with Gasteiger partial charge in [0.05, 0.1) is 17.1 Å². The monoisotopic (exact) mass is 290 g/mol. The molecule has 5 nitrogen and oxygen atoms in total. The highest BCUT2D eigenvalue weighted by Crippen LogP contribution is 2.37.